The number of hydrogen-bond acceptors (Lipinski definition) is 1. The molecule has 0 bridgehead atoms. The van der Waals surface area contributed by atoms with E-state index in [2.05, 4.69) is 57.0 Å². The molecule has 0 aliphatic heterocycles. The Hall–Kier alpha value is -0.980. The van der Waals surface area contributed by atoms with Crippen LogP contribution in [0.1, 0.15) is 32.8 Å². The van der Waals surface area contributed by atoms with Gasteiger partial charge in [0.1, 0.15) is 0 Å². The molecular weight excluding hydrogens is 182 g/mol. The summed E-state index contributed by atoms with van der Waals surface area (Å²) in [6, 6.07) is 8.75. The van der Waals surface area contributed by atoms with Gasteiger partial charge < -0.3 is 4.90 Å². The van der Waals surface area contributed by atoms with E-state index in [0.717, 1.165) is 12.5 Å². The first kappa shape index (κ1) is 12.1. The van der Waals surface area contributed by atoms with Crippen molar-refractivity contribution in [3.05, 3.63) is 29.8 Å². The van der Waals surface area contributed by atoms with E-state index >= 15 is 0 Å². The molecule has 1 nitrogen and oxygen atoms in total. The molecule has 0 saturated heterocycles. The van der Waals surface area contributed by atoms with Crippen molar-refractivity contribution >= 4 is 5.69 Å². The van der Waals surface area contributed by atoms with Crippen LogP contribution in [0.5, 0.6) is 0 Å². The van der Waals surface area contributed by atoms with Gasteiger partial charge in [0.15, 0.2) is 0 Å². The van der Waals surface area contributed by atoms with Crippen LogP contribution in [-0.4, -0.2) is 13.6 Å². The average molecular weight is 205 g/mol. The van der Waals surface area contributed by atoms with Gasteiger partial charge in [0.2, 0.25) is 0 Å². The van der Waals surface area contributed by atoms with E-state index in [1.807, 2.05) is 0 Å². The van der Waals surface area contributed by atoms with Crippen LogP contribution in [0.3, 0.4) is 0 Å². The minimum absolute atomic E-state index is 0.723. The van der Waals surface area contributed by atoms with Crippen molar-refractivity contribution in [2.75, 3.05) is 18.5 Å². The molecule has 0 aromatic heterocycles. The minimum atomic E-state index is 0.723. The van der Waals surface area contributed by atoms with Gasteiger partial charge in [0, 0.05) is 19.3 Å². The molecule has 15 heavy (non-hydrogen) atoms. The van der Waals surface area contributed by atoms with Gasteiger partial charge >= 0.3 is 0 Å². The zero-order valence-corrected chi connectivity index (χ0v) is 10.5. The molecule has 1 aromatic carbocycles. The lowest BCUT2D eigenvalue weighted by atomic mass is 10.0. The lowest BCUT2D eigenvalue weighted by molar-refractivity contribution is 0.645. The Morgan fingerprint density at radius 3 is 2.47 bits per heavy atom. The quantitative estimate of drug-likeness (QED) is 0.708. The third-order valence-corrected chi connectivity index (χ3v) is 2.59. The van der Waals surface area contributed by atoms with Crippen molar-refractivity contribution < 1.29 is 0 Å². The van der Waals surface area contributed by atoms with Crippen molar-refractivity contribution in [2.45, 2.75) is 33.6 Å². The normalized spacial score (nSPS) is 10.7. The van der Waals surface area contributed by atoms with E-state index < -0.39 is 0 Å². The second-order valence-electron chi connectivity index (χ2n) is 4.65. The summed E-state index contributed by atoms with van der Waals surface area (Å²) in [4.78, 5) is 2.36. The van der Waals surface area contributed by atoms with Gasteiger partial charge in [0.25, 0.3) is 0 Å². The van der Waals surface area contributed by atoms with Crippen molar-refractivity contribution in [2.24, 2.45) is 5.92 Å². The topological polar surface area (TPSA) is 3.24 Å². The summed E-state index contributed by atoms with van der Waals surface area (Å²) in [6.07, 6.45) is 2.37. The fourth-order valence-corrected chi connectivity index (χ4v) is 1.95. The molecule has 0 aliphatic carbocycles. The molecule has 0 atom stereocenters. The Kier molecular flexibility index (Phi) is 4.67. The number of para-hydroxylation sites is 1. The van der Waals surface area contributed by atoms with E-state index in [1.165, 1.54) is 24.1 Å². The van der Waals surface area contributed by atoms with Crippen LogP contribution in [0.25, 0.3) is 0 Å². The van der Waals surface area contributed by atoms with Gasteiger partial charge in [-0.1, -0.05) is 39.0 Å². The van der Waals surface area contributed by atoms with Crippen LogP contribution in [0.4, 0.5) is 5.69 Å². The van der Waals surface area contributed by atoms with Crippen molar-refractivity contribution in [1.29, 1.82) is 0 Å². The Bertz CT molecular complexity index is 291. The predicted octanol–water partition coefficient (Wildman–Crippen LogP) is 3.73. The van der Waals surface area contributed by atoms with Crippen LogP contribution in [0, 0.1) is 5.92 Å². The first-order valence-electron chi connectivity index (χ1n) is 5.94. The SMILES string of the molecule is CCCN(C)c1ccccc1CC(C)C. The van der Waals surface area contributed by atoms with Crippen LogP contribution >= 0.6 is 0 Å². The van der Waals surface area contributed by atoms with Gasteiger partial charge in [-0.2, -0.15) is 0 Å². The third-order valence-electron chi connectivity index (χ3n) is 2.59. The van der Waals surface area contributed by atoms with E-state index in [-0.39, 0.29) is 0 Å². The summed E-state index contributed by atoms with van der Waals surface area (Å²) in [5, 5.41) is 0. The summed E-state index contributed by atoms with van der Waals surface area (Å²) in [7, 11) is 2.18. The lowest BCUT2D eigenvalue weighted by Gasteiger charge is -2.22. The first-order valence-corrected chi connectivity index (χ1v) is 5.94. The Labute approximate surface area is 94.1 Å². The Balaban J connectivity index is 2.85. The average Bonchev–Trinajstić information content (AvgIpc) is 2.18. The zero-order valence-electron chi connectivity index (χ0n) is 10.5. The Morgan fingerprint density at radius 2 is 1.87 bits per heavy atom. The molecule has 1 aromatic rings. The molecule has 0 N–H and O–H groups in total. The third kappa shape index (κ3) is 3.58. The number of hydrogen-bond donors (Lipinski definition) is 0. The molecule has 0 fully saturated rings. The molecule has 0 aliphatic rings. The molecule has 0 unspecified atom stereocenters. The smallest absolute Gasteiger partial charge is 0.0396 e. The number of nitrogens with zero attached hydrogens (tertiary/aromatic N) is 1. The highest BCUT2D eigenvalue weighted by Gasteiger charge is 2.07. The van der Waals surface area contributed by atoms with Crippen LogP contribution < -0.4 is 4.90 Å². The number of anilines is 1. The molecule has 1 rings (SSSR count). The fraction of sp³-hybridized carbons (Fsp3) is 0.571. The molecule has 84 valence electrons. The standard InChI is InChI=1S/C14H23N/c1-5-10-15(4)14-9-7-6-8-13(14)11-12(2)3/h6-9,12H,5,10-11H2,1-4H3. The highest BCUT2D eigenvalue weighted by Crippen LogP contribution is 2.22. The molecule has 1 heteroatoms. The first-order chi connectivity index (χ1) is 7.15. The van der Waals surface area contributed by atoms with E-state index in [9.17, 15) is 0 Å². The maximum absolute atomic E-state index is 2.36. The summed E-state index contributed by atoms with van der Waals surface area (Å²) >= 11 is 0. The predicted molar refractivity (Wildman–Crippen MR) is 68.5 cm³/mol. The zero-order chi connectivity index (χ0) is 11.3. The van der Waals surface area contributed by atoms with Crippen LogP contribution in [0.15, 0.2) is 24.3 Å². The maximum Gasteiger partial charge on any atom is 0.0396 e. The molecule has 0 radical (unpaired) electrons. The van der Waals surface area contributed by atoms with Crippen molar-refractivity contribution in [1.82, 2.24) is 0 Å². The molecule has 0 saturated carbocycles. The molecule has 0 amide bonds. The monoisotopic (exact) mass is 205 g/mol. The van der Waals surface area contributed by atoms with Gasteiger partial charge in [-0.05, 0) is 30.4 Å². The lowest BCUT2D eigenvalue weighted by Crippen LogP contribution is -2.19. The van der Waals surface area contributed by atoms with E-state index in [4.69, 9.17) is 0 Å². The second-order valence-corrected chi connectivity index (χ2v) is 4.65. The van der Waals surface area contributed by atoms with Crippen molar-refractivity contribution in [3.63, 3.8) is 0 Å². The molecule has 0 spiro atoms. The van der Waals surface area contributed by atoms with Crippen molar-refractivity contribution in [3.8, 4) is 0 Å². The largest absolute Gasteiger partial charge is 0.374 e. The van der Waals surface area contributed by atoms with Gasteiger partial charge in [-0.25, -0.2) is 0 Å². The fourth-order valence-electron chi connectivity index (χ4n) is 1.95. The Morgan fingerprint density at radius 1 is 1.20 bits per heavy atom. The summed E-state index contributed by atoms with van der Waals surface area (Å²) in [6.45, 7) is 7.91. The van der Waals surface area contributed by atoms with Gasteiger partial charge in [0.05, 0.1) is 0 Å². The highest BCUT2D eigenvalue weighted by molar-refractivity contribution is 5.53. The van der Waals surface area contributed by atoms with Gasteiger partial charge in [-0.15, -0.1) is 0 Å². The molecular formula is C14H23N. The van der Waals surface area contributed by atoms with E-state index in [0.29, 0.717) is 0 Å². The number of rotatable bonds is 5. The summed E-state index contributed by atoms with van der Waals surface area (Å²) < 4.78 is 0. The van der Waals surface area contributed by atoms with E-state index in [1.54, 1.807) is 0 Å². The summed E-state index contributed by atoms with van der Waals surface area (Å²) in [5.74, 6) is 0.723. The van der Waals surface area contributed by atoms with Crippen LogP contribution in [0.2, 0.25) is 0 Å². The van der Waals surface area contributed by atoms with Gasteiger partial charge in [-0.3, -0.25) is 0 Å². The maximum atomic E-state index is 2.36. The number of benzene rings is 1. The molecule has 0 heterocycles. The minimum Gasteiger partial charge on any atom is -0.374 e. The highest BCUT2D eigenvalue weighted by atomic mass is 15.1. The summed E-state index contributed by atoms with van der Waals surface area (Å²) in [5.41, 5.74) is 2.87. The second kappa shape index (κ2) is 5.79. The van der Waals surface area contributed by atoms with Crippen LogP contribution in [-0.2, 0) is 6.42 Å².